The number of rotatable bonds is 3. The van der Waals surface area contributed by atoms with Crippen molar-refractivity contribution in [3.63, 3.8) is 0 Å². The highest BCUT2D eigenvalue weighted by Gasteiger charge is 2.24. The maximum absolute atomic E-state index is 13.1. The highest BCUT2D eigenvalue weighted by Crippen LogP contribution is 2.25. The average Bonchev–Trinajstić information content (AvgIpc) is 2.57. The number of benzene rings is 1. The fourth-order valence-corrected chi connectivity index (χ4v) is 2.65. The van der Waals surface area contributed by atoms with E-state index < -0.39 is 0 Å². The monoisotopic (exact) mass is 251 g/mol. The summed E-state index contributed by atoms with van der Waals surface area (Å²) in [4.78, 5) is 0. The summed E-state index contributed by atoms with van der Waals surface area (Å²) in [6.07, 6.45) is 6.17. The van der Waals surface area contributed by atoms with E-state index in [1.165, 1.54) is 31.4 Å². The highest BCUT2D eigenvalue weighted by molar-refractivity contribution is 5.32. The molecule has 2 rings (SSSR count). The minimum Gasteiger partial charge on any atom is -0.489 e. The van der Waals surface area contributed by atoms with E-state index in [4.69, 9.17) is 4.74 Å². The van der Waals surface area contributed by atoms with Gasteiger partial charge < -0.3 is 10.1 Å². The summed E-state index contributed by atoms with van der Waals surface area (Å²) in [5.41, 5.74) is 0.870. The van der Waals surface area contributed by atoms with Gasteiger partial charge in [0.15, 0.2) is 0 Å². The van der Waals surface area contributed by atoms with Crippen molar-refractivity contribution in [1.29, 1.82) is 0 Å². The van der Waals surface area contributed by atoms with Crippen molar-refractivity contribution in [3.8, 4) is 5.75 Å². The zero-order chi connectivity index (χ0) is 13.0. The number of nitrogens with one attached hydrogen (secondary N) is 1. The average molecular weight is 251 g/mol. The molecule has 0 bridgehead atoms. The SMILES string of the molecule is CNC1CCCCCC1Oc1ccc(F)cc1C. The zero-order valence-corrected chi connectivity index (χ0v) is 11.2. The lowest BCUT2D eigenvalue weighted by Crippen LogP contribution is -2.40. The molecule has 1 saturated carbocycles. The van der Waals surface area contributed by atoms with Crippen LogP contribution in [-0.2, 0) is 0 Å². The molecule has 18 heavy (non-hydrogen) atoms. The van der Waals surface area contributed by atoms with Gasteiger partial charge >= 0.3 is 0 Å². The van der Waals surface area contributed by atoms with Crippen LogP contribution in [0.15, 0.2) is 18.2 Å². The second-order valence-electron chi connectivity index (χ2n) is 5.10. The van der Waals surface area contributed by atoms with E-state index in [-0.39, 0.29) is 11.9 Å². The van der Waals surface area contributed by atoms with Crippen LogP contribution < -0.4 is 10.1 Å². The van der Waals surface area contributed by atoms with Crippen LogP contribution in [0.4, 0.5) is 4.39 Å². The molecule has 0 spiro atoms. The minimum atomic E-state index is -0.203. The third kappa shape index (κ3) is 3.22. The third-order valence-corrected chi connectivity index (χ3v) is 3.74. The zero-order valence-electron chi connectivity index (χ0n) is 11.2. The lowest BCUT2D eigenvalue weighted by Gasteiger charge is -2.26. The summed E-state index contributed by atoms with van der Waals surface area (Å²) in [5, 5.41) is 3.35. The summed E-state index contributed by atoms with van der Waals surface area (Å²) in [6, 6.07) is 5.13. The van der Waals surface area contributed by atoms with Crippen molar-refractivity contribution >= 4 is 0 Å². The largest absolute Gasteiger partial charge is 0.489 e. The van der Waals surface area contributed by atoms with Gasteiger partial charge in [-0.1, -0.05) is 12.8 Å². The molecule has 0 amide bonds. The fraction of sp³-hybridized carbons (Fsp3) is 0.600. The Balaban J connectivity index is 2.10. The number of likely N-dealkylation sites (N-methyl/N-ethyl adjacent to an activating group) is 1. The Morgan fingerprint density at radius 3 is 2.72 bits per heavy atom. The molecule has 0 heterocycles. The lowest BCUT2D eigenvalue weighted by atomic mass is 10.1. The molecule has 0 aliphatic heterocycles. The number of hydrogen-bond donors (Lipinski definition) is 1. The molecule has 1 aliphatic carbocycles. The molecule has 1 aliphatic rings. The predicted molar refractivity (Wildman–Crippen MR) is 71.5 cm³/mol. The summed E-state index contributed by atoms with van der Waals surface area (Å²) < 4.78 is 19.2. The van der Waals surface area contributed by atoms with Crippen LogP contribution in [-0.4, -0.2) is 19.2 Å². The highest BCUT2D eigenvalue weighted by atomic mass is 19.1. The van der Waals surface area contributed by atoms with Crippen molar-refractivity contribution in [3.05, 3.63) is 29.6 Å². The Morgan fingerprint density at radius 1 is 1.22 bits per heavy atom. The molecule has 1 aromatic carbocycles. The van der Waals surface area contributed by atoms with Crippen LogP contribution in [0.25, 0.3) is 0 Å². The molecule has 3 heteroatoms. The molecule has 100 valence electrons. The van der Waals surface area contributed by atoms with Gasteiger partial charge in [0.25, 0.3) is 0 Å². The first kappa shape index (κ1) is 13.3. The smallest absolute Gasteiger partial charge is 0.123 e. The van der Waals surface area contributed by atoms with Gasteiger partial charge in [0.05, 0.1) is 0 Å². The molecule has 1 aromatic rings. The van der Waals surface area contributed by atoms with Gasteiger partial charge in [-0.15, -0.1) is 0 Å². The van der Waals surface area contributed by atoms with Crippen molar-refractivity contribution in [1.82, 2.24) is 5.32 Å². The Labute approximate surface area is 109 Å². The predicted octanol–water partition coefficient (Wildman–Crippen LogP) is 3.43. The van der Waals surface area contributed by atoms with Crippen LogP contribution in [0.2, 0.25) is 0 Å². The minimum absolute atomic E-state index is 0.196. The van der Waals surface area contributed by atoms with Crippen LogP contribution in [0, 0.1) is 12.7 Å². The summed E-state index contributed by atoms with van der Waals surface area (Å²) in [6.45, 7) is 1.89. The Morgan fingerprint density at radius 2 is 2.00 bits per heavy atom. The third-order valence-electron chi connectivity index (χ3n) is 3.74. The number of hydrogen-bond acceptors (Lipinski definition) is 2. The van der Waals surface area contributed by atoms with Gasteiger partial charge in [0.1, 0.15) is 17.7 Å². The second-order valence-corrected chi connectivity index (χ2v) is 5.10. The van der Waals surface area contributed by atoms with Gasteiger partial charge in [-0.3, -0.25) is 0 Å². The quantitative estimate of drug-likeness (QED) is 0.831. The van der Waals surface area contributed by atoms with Crippen molar-refractivity contribution in [2.24, 2.45) is 0 Å². The molecular weight excluding hydrogens is 229 g/mol. The van der Waals surface area contributed by atoms with E-state index in [1.807, 2.05) is 14.0 Å². The van der Waals surface area contributed by atoms with Crippen LogP contribution in [0.3, 0.4) is 0 Å². The van der Waals surface area contributed by atoms with E-state index in [0.29, 0.717) is 6.04 Å². The van der Waals surface area contributed by atoms with Crippen LogP contribution >= 0.6 is 0 Å². The van der Waals surface area contributed by atoms with Crippen molar-refractivity contribution in [2.75, 3.05) is 7.05 Å². The second kappa shape index (κ2) is 6.19. The summed E-state index contributed by atoms with van der Waals surface area (Å²) >= 11 is 0. The molecule has 2 nitrogen and oxygen atoms in total. The number of aryl methyl sites for hydroxylation is 1. The lowest BCUT2D eigenvalue weighted by molar-refractivity contribution is 0.147. The van der Waals surface area contributed by atoms with E-state index in [0.717, 1.165) is 24.2 Å². The molecule has 1 N–H and O–H groups in total. The maximum atomic E-state index is 13.1. The Bertz CT molecular complexity index is 394. The topological polar surface area (TPSA) is 21.3 Å². The van der Waals surface area contributed by atoms with E-state index in [9.17, 15) is 4.39 Å². The van der Waals surface area contributed by atoms with Gasteiger partial charge in [-0.25, -0.2) is 4.39 Å². The first-order chi connectivity index (χ1) is 8.70. The molecule has 1 fully saturated rings. The summed E-state index contributed by atoms with van der Waals surface area (Å²) in [7, 11) is 1.99. The van der Waals surface area contributed by atoms with Crippen LogP contribution in [0.1, 0.15) is 37.7 Å². The maximum Gasteiger partial charge on any atom is 0.123 e. The van der Waals surface area contributed by atoms with Crippen molar-refractivity contribution in [2.45, 2.75) is 51.2 Å². The molecule has 2 atom stereocenters. The Kier molecular flexibility index (Phi) is 4.59. The standard InChI is InChI=1S/C15H22FNO/c1-11-10-12(16)8-9-14(11)18-15-7-5-3-4-6-13(15)17-2/h8-10,13,15,17H,3-7H2,1-2H3. The molecular formula is C15H22FNO. The van der Waals surface area contributed by atoms with E-state index in [2.05, 4.69) is 5.32 Å². The van der Waals surface area contributed by atoms with E-state index in [1.54, 1.807) is 6.07 Å². The molecule has 0 radical (unpaired) electrons. The van der Waals surface area contributed by atoms with E-state index >= 15 is 0 Å². The fourth-order valence-electron chi connectivity index (χ4n) is 2.65. The number of halogens is 1. The first-order valence-electron chi connectivity index (χ1n) is 6.81. The van der Waals surface area contributed by atoms with Crippen molar-refractivity contribution < 1.29 is 9.13 Å². The van der Waals surface area contributed by atoms with Gasteiger partial charge in [-0.05, 0) is 57.0 Å². The summed E-state index contributed by atoms with van der Waals surface area (Å²) in [5.74, 6) is 0.606. The number of ether oxygens (including phenoxy) is 1. The Hall–Kier alpha value is -1.09. The van der Waals surface area contributed by atoms with Crippen LogP contribution in [0.5, 0.6) is 5.75 Å². The normalized spacial score (nSPS) is 24.6. The van der Waals surface area contributed by atoms with Gasteiger partial charge in [0, 0.05) is 6.04 Å². The molecule has 2 unspecified atom stereocenters. The van der Waals surface area contributed by atoms with Gasteiger partial charge in [-0.2, -0.15) is 0 Å². The van der Waals surface area contributed by atoms with Gasteiger partial charge in [0.2, 0.25) is 0 Å². The molecule has 0 aromatic heterocycles. The first-order valence-corrected chi connectivity index (χ1v) is 6.81. The molecule has 0 saturated heterocycles.